The molecule has 0 aromatic heterocycles. The van der Waals surface area contributed by atoms with Gasteiger partial charge in [0, 0.05) is 5.70 Å². The number of nitrogens with one attached hydrogen (secondary N) is 3. The lowest BCUT2D eigenvalue weighted by atomic mass is 9.95. The van der Waals surface area contributed by atoms with Gasteiger partial charge in [0.1, 0.15) is 19.0 Å². The number of benzene rings is 3. The molecule has 4 N–H and O–H groups in total. The van der Waals surface area contributed by atoms with Crippen molar-refractivity contribution < 1.29 is 33.6 Å². The van der Waals surface area contributed by atoms with Crippen LogP contribution >= 0.6 is 15.9 Å². The monoisotopic (exact) mass is 666 g/mol. The number of esters is 1. The van der Waals surface area contributed by atoms with Gasteiger partial charge in [0.15, 0.2) is 17.7 Å². The molecule has 44 heavy (non-hydrogen) atoms. The average Bonchev–Trinajstić information content (AvgIpc) is 3.00. The predicted octanol–water partition coefficient (Wildman–Crippen LogP) is 4.86. The maximum absolute atomic E-state index is 12.4. The predicted molar refractivity (Wildman–Crippen MR) is 169 cm³/mol. The zero-order chi connectivity index (χ0) is 31.6. The van der Waals surface area contributed by atoms with Crippen LogP contribution in [0.5, 0.6) is 17.2 Å². The number of halogens is 1. The van der Waals surface area contributed by atoms with Gasteiger partial charge in [-0.15, -0.1) is 0 Å². The van der Waals surface area contributed by atoms with Gasteiger partial charge in [0.25, 0.3) is 0 Å². The van der Waals surface area contributed by atoms with E-state index in [1.54, 1.807) is 31.3 Å². The van der Waals surface area contributed by atoms with Gasteiger partial charge in [-0.1, -0.05) is 35.9 Å². The second-order valence-corrected chi connectivity index (χ2v) is 10.7. The number of aliphatic hydroxyl groups excluding tert-OH is 1. The first-order valence-corrected chi connectivity index (χ1v) is 14.7. The van der Waals surface area contributed by atoms with Crippen LogP contribution < -0.4 is 30.3 Å². The topological polar surface area (TPSA) is 140 Å². The number of aryl methyl sites for hydroxylation is 1. The van der Waals surface area contributed by atoms with Crippen molar-refractivity contribution in [3.63, 3.8) is 0 Å². The second-order valence-electron chi connectivity index (χ2n) is 9.88. The molecule has 0 spiro atoms. The smallest absolute Gasteiger partial charge is 0.337 e. The third kappa shape index (κ3) is 8.51. The van der Waals surface area contributed by atoms with E-state index in [0.29, 0.717) is 41.7 Å². The average molecular weight is 668 g/mol. The first-order chi connectivity index (χ1) is 21.2. The Morgan fingerprint density at radius 3 is 2.50 bits per heavy atom. The lowest BCUT2D eigenvalue weighted by Crippen LogP contribution is -2.45. The third-order valence-corrected chi connectivity index (χ3v) is 7.20. The summed E-state index contributed by atoms with van der Waals surface area (Å²) in [5.74, 6) is 0.884. The van der Waals surface area contributed by atoms with Crippen LogP contribution in [0.4, 0.5) is 4.79 Å². The van der Waals surface area contributed by atoms with Crippen molar-refractivity contribution in [2.24, 2.45) is 5.10 Å². The van der Waals surface area contributed by atoms with Gasteiger partial charge in [-0.3, -0.25) is 5.43 Å². The van der Waals surface area contributed by atoms with Crippen LogP contribution in [-0.4, -0.2) is 49.9 Å². The first kappa shape index (κ1) is 32.4. The quantitative estimate of drug-likeness (QED) is 0.0878. The number of hydrazone groups is 1. The summed E-state index contributed by atoms with van der Waals surface area (Å²) in [6.45, 7) is 6.15. The van der Waals surface area contributed by atoms with E-state index >= 15 is 0 Å². The molecule has 2 amide bonds. The van der Waals surface area contributed by atoms with Crippen molar-refractivity contribution in [2.75, 3.05) is 20.3 Å². The molecule has 0 radical (unpaired) electrons. The number of urea groups is 1. The minimum Gasteiger partial charge on any atom is -0.490 e. The first-order valence-electron chi connectivity index (χ1n) is 13.9. The molecule has 0 saturated carbocycles. The molecule has 0 bridgehead atoms. The maximum atomic E-state index is 12.4. The Morgan fingerprint density at radius 2 is 1.80 bits per heavy atom. The van der Waals surface area contributed by atoms with Crippen LogP contribution in [0.25, 0.3) is 0 Å². The Labute approximate surface area is 264 Å². The zero-order valence-electron chi connectivity index (χ0n) is 24.8. The van der Waals surface area contributed by atoms with Crippen molar-refractivity contribution in [3.8, 4) is 17.2 Å². The van der Waals surface area contributed by atoms with Crippen LogP contribution in [0.15, 0.2) is 81.5 Å². The van der Waals surface area contributed by atoms with Gasteiger partial charge < -0.3 is 34.7 Å². The Bertz CT molecular complexity index is 1540. The molecule has 0 unspecified atom stereocenters. The molecule has 11 nitrogen and oxygen atoms in total. The summed E-state index contributed by atoms with van der Waals surface area (Å²) in [6, 6.07) is 17.6. The molecule has 1 aliphatic heterocycles. The summed E-state index contributed by atoms with van der Waals surface area (Å²) >= 11 is 3.54. The molecule has 12 heteroatoms. The van der Waals surface area contributed by atoms with Gasteiger partial charge in [0.05, 0.1) is 36.0 Å². The van der Waals surface area contributed by atoms with Gasteiger partial charge in [-0.25, -0.2) is 9.59 Å². The lowest BCUT2D eigenvalue weighted by Gasteiger charge is -2.28. The van der Waals surface area contributed by atoms with E-state index in [1.807, 2.05) is 56.3 Å². The van der Waals surface area contributed by atoms with Crippen molar-refractivity contribution in [1.29, 1.82) is 0 Å². The Kier molecular flexibility index (Phi) is 11.2. The van der Waals surface area contributed by atoms with Crippen LogP contribution in [0, 0.1) is 6.92 Å². The molecule has 1 aliphatic rings. The highest BCUT2D eigenvalue weighted by atomic mass is 79.9. The molecule has 2 atom stereocenters. The number of carbonyl (C=O) groups is 2. The normalized spacial score (nSPS) is 15.3. The largest absolute Gasteiger partial charge is 0.490 e. The summed E-state index contributed by atoms with van der Waals surface area (Å²) in [7, 11) is 1.28. The van der Waals surface area contributed by atoms with E-state index in [1.165, 1.54) is 12.7 Å². The molecule has 0 aliphatic carbocycles. The SMILES string of the molecule is CCOc1cc([C@@H]2NC(=O)NC(C)=C2C(=O)OC)ccc1OC[C@@H](O)N/N=C\c1ccc(OCc2ccc(C)cc2)c(Br)c1. The van der Waals surface area contributed by atoms with E-state index in [4.69, 9.17) is 18.9 Å². The number of rotatable bonds is 13. The molecule has 0 saturated heterocycles. The Balaban J connectivity index is 1.34. The number of hydrogen-bond donors (Lipinski definition) is 4. The van der Waals surface area contributed by atoms with Crippen LogP contribution in [-0.2, 0) is 16.1 Å². The standard InChI is InChI=1S/C32H35BrN4O7/c1-5-42-27-15-23(30-29(31(39)41-4)20(3)35-32(40)36-30)11-13-26(27)44-18-28(38)37-34-16-22-10-12-25(24(33)14-22)43-17-21-8-6-19(2)7-9-21/h6-16,28,30,37-38H,5,17-18H2,1-4H3,(H2,35,36,40)/b34-16-/t28-,30+/m1/s1. The number of nitrogens with zero attached hydrogens (tertiary/aromatic N) is 1. The number of aliphatic hydroxyl groups is 1. The number of hydrogen-bond acceptors (Lipinski definition) is 9. The Hall–Kier alpha value is -4.55. The zero-order valence-corrected chi connectivity index (χ0v) is 26.4. The summed E-state index contributed by atoms with van der Waals surface area (Å²) in [4.78, 5) is 24.6. The Morgan fingerprint density at radius 1 is 1.05 bits per heavy atom. The fourth-order valence-electron chi connectivity index (χ4n) is 4.38. The van der Waals surface area contributed by atoms with Crippen molar-refractivity contribution in [1.82, 2.24) is 16.1 Å². The number of allylic oxidation sites excluding steroid dienone is 1. The molecular weight excluding hydrogens is 632 g/mol. The second kappa shape index (κ2) is 15.3. The molecule has 4 rings (SSSR count). The highest BCUT2D eigenvalue weighted by molar-refractivity contribution is 9.10. The minimum absolute atomic E-state index is 0.136. The highest BCUT2D eigenvalue weighted by Gasteiger charge is 2.32. The molecule has 0 fully saturated rings. The van der Waals surface area contributed by atoms with Crippen LogP contribution in [0.2, 0.25) is 0 Å². The van der Waals surface area contributed by atoms with Crippen LogP contribution in [0.3, 0.4) is 0 Å². The molecular formula is C32H35BrN4O7. The lowest BCUT2D eigenvalue weighted by molar-refractivity contribution is -0.136. The van der Waals surface area contributed by atoms with Gasteiger partial charge >= 0.3 is 12.0 Å². The fourth-order valence-corrected chi connectivity index (χ4v) is 4.89. The van der Waals surface area contributed by atoms with Crippen LogP contribution in [0.1, 0.15) is 42.1 Å². The molecule has 1 heterocycles. The summed E-state index contributed by atoms with van der Waals surface area (Å²) < 4.78 is 23.2. The number of methoxy groups -OCH3 is 1. The number of ether oxygens (including phenoxy) is 4. The van der Waals surface area contributed by atoms with Gasteiger partial charge in [-0.05, 0) is 83.7 Å². The van der Waals surface area contributed by atoms with Crippen molar-refractivity contribution in [2.45, 2.75) is 39.6 Å². The summed E-state index contributed by atoms with van der Waals surface area (Å²) in [5.41, 5.74) is 6.96. The maximum Gasteiger partial charge on any atom is 0.337 e. The molecule has 232 valence electrons. The van der Waals surface area contributed by atoms with E-state index in [9.17, 15) is 14.7 Å². The van der Waals surface area contributed by atoms with E-state index in [2.05, 4.69) is 37.1 Å². The number of carbonyl (C=O) groups excluding carboxylic acids is 2. The number of amides is 2. The van der Waals surface area contributed by atoms with Gasteiger partial charge in [-0.2, -0.15) is 5.10 Å². The van der Waals surface area contributed by atoms with Gasteiger partial charge in [0.2, 0.25) is 0 Å². The van der Waals surface area contributed by atoms with E-state index in [-0.39, 0.29) is 12.2 Å². The summed E-state index contributed by atoms with van der Waals surface area (Å²) in [6.07, 6.45) is 0.445. The minimum atomic E-state index is -1.12. The van der Waals surface area contributed by atoms with Crippen molar-refractivity contribution >= 4 is 34.1 Å². The third-order valence-electron chi connectivity index (χ3n) is 6.58. The molecule has 3 aromatic carbocycles. The van der Waals surface area contributed by atoms with E-state index in [0.717, 1.165) is 15.6 Å². The molecule has 3 aromatic rings. The highest BCUT2D eigenvalue weighted by Crippen LogP contribution is 2.35. The van der Waals surface area contributed by atoms with Crippen molar-refractivity contribution in [3.05, 3.63) is 98.7 Å². The van der Waals surface area contributed by atoms with E-state index < -0.39 is 24.3 Å². The summed E-state index contributed by atoms with van der Waals surface area (Å²) in [5, 5.41) is 19.9. The fraction of sp³-hybridized carbons (Fsp3) is 0.281.